The molecule has 1 saturated heterocycles. The van der Waals surface area contributed by atoms with Gasteiger partial charge in [0.1, 0.15) is 4.90 Å². The van der Waals surface area contributed by atoms with Crippen LogP contribution in [0.15, 0.2) is 57.8 Å². The number of rotatable bonds is 5. The maximum absolute atomic E-state index is 12.6. The van der Waals surface area contributed by atoms with Gasteiger partial charge in [-0.15, -0.1) is 4.40 Å². The second-order valence-corrected chi connectivity index (χ2v) is 9.51. The predicted molar refractivity (Wildman–Crippen MR) is 121 cm³/mol. The number of amides is 1. The molecular weight excluding hydrogens is 414 g/mol. The van der Waals surface area contributed by atoms with E-state index in [-0.39, 0.29) is 17.3 Å². The van der Waals surface area contributed by atoms with Crippen molar-refractivity contribution in [1.82, 2.24) is 15.1 Å². The van der Waals surface area contributed by atoms with E-state index < -0.39 is 10.0 Å². The molecule has 2 aliphatic heterocycles. The Labute approximate surface area is 183 Å². The van der Waals surface area contributed by atoms with Crippen molar-refractivity contribution in [2.75, 3.05) is 51.7 Å². The van der Waals surface area contributed by atoms with Gasteiger partial charge in [-0.25, -0.2) is 0 Å². The highest BCUT2D eigenvalue weighted by Crippen LogP contribution is 2.27. The topological polar surface area (TPSA) is 85.3 Å². The van der Waals surface area contributed by atoms with Gasteiger partial charge in [0.25, 0.3) is 10.0 Å². The Morgan fingerprint density at radius 2 is 1.74 bits per heavy atom. The number of hydrogen-bond acceptors (Lipinski definition) is 6. The first-order valence-corrected chi connectivity index (χ1v) is 11.7. The van der Waals surface area contributed by atoms with Crippen LogP contribution in [0.25, 0.3) is 0 Å². The average Bonchev–Trinajstić information content (AvgIpc) is 3.04. The lowest BCUT2D eigenvalue weighted by atomic mass is 10.1. The van der Waals surface area contributed by atoms with Crippen LogP contribution in [0, 0.1) is 0 Å². The molecule has 2 aromatic rings. The van der Waals surface area contributed by atoms with Crippen LogP contribution in [0.5, 0.6) is 0 Å². The van der Waals surface area contributed by atoms with Gasteiger partial charge in [0.05, 0.1) is 6.54 Å². The Kier molecular flexibility index (Phi) is 5.97. The molecule has 9 heteroatoms. The molecule has 0 aromatic heterocycles. The lowest BCUT2D eigenvalue weighted by Gasteiger charge is -2.35. The number of para-hydroxylation sites is 1. The molecule has 4 rings (SSSR count). The molecule has 0 atom stereocenters. The van der Waals surface area contributed by atoms with Crippen LogP contribution in [0.3, 0.4) is 0 Å². The summed E-state index contributed by atoms with van der Waals surface area (Å²) in [5, 5.41) is 2.96. The maximum atomic E-state index is 12.6. The van der Waals surface area contributed by atoms with E-state index in [1.807, 2.05) is 18.2 Å². The van der Waals surface area contributed by atoms with Crippen molar-refractivity contribution in [3.8, 4) is 0 Å². The average molecular weight is 442 g/mol. The SMILES string of the molecule is CN1CCN(c2ccccc2CNC(=O)CN(C)C2=NS(=O)(=O)c3ccccc32)CC1. The predicted octanol–water partition coefficient (Wildman–Crippen LogP) is 1.14. The molecule has 2 aromatic carbocycles. The van der Waals surface area contributed by atoms with E-state index in [1.54, 1.807) is 30.1 Å². The third kappa shape index (κ3) is 4.57. The Bertz CT molecular complexity index is 1110. The molecular formula is C22H27N5O3S. The fraction of sp³-hybridized carbons (Fsp3) is 0.364. The number of sulfonamides is 1. The number of benzene rings is 2. The molecule has 0 spiro atoms. The summed E-state index contributed by atoms with van der Waals surface area (Å²) >= 11 is 0. The summed E-state index contributed by atoms with van der Waals surface area (Å²) in [6.07, 6.45) is 0. The standard InChI is InChI=1S/C22H27N5O3S/c1-25-11-13-27(14-12-25)19-9-5-3-7-17(19)15-23-21(28)16-26(2)22-18-8-4-6-10-20(18)31(29,30)24-22/h3-10H,11-16H2,1-2H3,(H,23,28). The Morgan fingerprint density at radius 3 is 2.52 bits per heavy atom. The molecule has 31 heavy (non-hydrogen) atoms. The molecule has 164 valence electrons. The smallest absolute Gasteiger partial charge is 0.285 e. The first kappa shape index (κ1) is 21.3. The number of amidine groups is 1. The molecule has 0 radical (unpaired) electrons. The zero-order valence-electron chi connectivity index (χ0n) is 17.8. The van der Waals surface area contributed by atoms with Gasteiger partial charge in [-0.1, -0.05) is 30.3 Å². The molecule has 2 heterocycles. The van der Waals surface area contributed by atoms with Crippen LogP contribution in [-0.4, -0.2) is 76.8 Å². The number of carbonyl (C=O) groups excluding carboxylic acids is 1. The van der Waals surface area contributed by atoms with E-state index in [9.17, 15) is 13.2 Å². The summed E-state index contributed by atoms with van der Waals surface area (Å²) in [5.74, 6) is 0.101. The molecule has 1 fully saturated rings. The van der Waals surface area contributed by atoms with Crippen molar-refractivity contribution < 1.29 is 13.2 Å². The molecule has 2 aliphatic rings. The summed E-state index contributed by atoms with van der Waals surface area (Å²) in [6, 6.07) is 14.8. The van der Waals surface area contributed by atoms with Gasteiger partial charge in [0, 0.05) is 51.0 Å². The number of likely N-dealkylation sites (N-methyl/N-ethyl adjacent to an activating group) is 2. The van der Waals surface area contributed by atoms with Gasteiger partial charge < -0.3 is 20.0 Å². The number of nitrogens with zero attached hydrogens (tertiary/aromatic N) is 4. The fourth-order valence-electron chi connectivity index (χ4n) is 3.92. The highest BCUT2D eigenvalue weighted by atomic mass is 32.2. The van der Waals surface area contributed by atoms with E-state index in [0.717, 1.165) is 37.4 Å². The van der Waals surface area contributed by atoms with Gasteiger partial charge in [-0.3, -0.25) is 4.79 Å². The Balaban J connectivity index is 1.40. The first-order chi connectivity index (χ1) is 14.8. The molecule has 0 bridgehead atoms. The van der Waals surface area contributed by atoms with E-state index in [1.165, 1.54) is 6.07 Å². The molecule has 1 amide bonds. The Hall–Kier alpha value is -2.91. The van der Waals surface area contributed by atoms with E-state index in [0.29, 0.717) is 17.9 Å². The maximum Gasteiger partial charge on any atom is 0.285 e. The minimum Gasteiger partial charge on any atom is -0.369 e. The lowest BCUT2D eigenvalue weighted by molar-refractivity contribution is -0.121. The highest BCUT2D eigenvalue weighted by Gasteiger charge is 2.30. The second-order valence-electron chi connectivity index (χ2n) is 7.94. The van der Waals surface area contributed by atoms with Crippen LogP contribution < -0.4 is 10.2 Å². The van der Waals surface area contributed by atoms with Gasteiger partial charge in [0.2, 0.25) is 5.91 Å². The highest BCUT2D eigenvalue weighted by molar-refractivity contribution is 7.90. The van der Waals surface area contributed by atoms with Crippen molar-refractivity contribution in [3.63, 3.8) is 0 Å². The lowest BCUT2D eigenvalue weighted by Crippen LogP contribution is -2.45. The third-order valence-electron chi connectivity index (χ3n) is 5.67. The summed E-state index contributed by atoms with van der Waals surface area (Å²) in [4.78, 5) is 19.0. The van der Waals surface area contributed by atoms with Gasteiger partial charge in [-0.2, -0.15) is 8.42 Å². The number of piperazine rings is 1. The molecule has 1 N–H and O–H groups in total. The Morgan fingerprint density at radius 1 is 1.06 bits per heavy atom. The number of hydrogen-bond donors (Lipinski definition) is 1. The van der Waals surface area contributed by atoms with Gasteiger partial charge in [0.15, 0.2) is 5.84 Å². The molecule has 0 unspecified atom stereocenters. The first-order valence-electron chi connectivity index (χ1n) is 10.3. The van der Waals surface area contributed by atoms with Crippen LogP contribution >= 0.6 is 0 Å². The summed E-state index contributed by atoms with van der Waals surface area (Å²) in [6.45, 7) is 4.36. The van der Waals surface area contributed by atoms with E-state index in [4.69, 9.17) is 0 Å². The van der Waals surface area contributed by atoms with Gasteiger partial charge >= 0.3 is 0 Å². The molecule has 0 aliphatic carbocycles. The minimum atomic E-state index is -3.71. The third-order valence-corrected chi connectivity index (χ3v) is 6.99. The minimum absolute atomic E-state index is 0.0133. The van der Waals surface area contributed by atoms with Crippen molar-refractivity contribution in [2.45, 2.75) is 11.4 Å². The normalized spacial score (nSPS) is 17.7. The monoisotopic (exact) mass is 441 g/mol. The zero-order valence-corrected chi connectivity index (χ0v) is 18.6. The fourth-order valence-corrected chi connectivity index (χ4v) is 5.17. The van der Waals surface area contributed by atoms with Crippen molar-refractivity contribution >= 4 is 27.5 Å². The van der Waals surface area contributed by atoms with E-state index in [2.05, 4.69) is 32.6 Å². The van der Waals surface area contributed by atoms with Crippen LogP contribution in [0.1, 0.15) is 11.1 Å². The van der Waals surface area contributed by atoms with Gasteiger partial charge in [-0.05, 0) is 30.8 Å². The number of fused-ring (bicyclic) bond motifs is 1. The van der Waals surface area contributed by atoms with Crippen molar-refractivity contribution in [3.05, 3.63) is 59.7 Å². The number of nitrogens with one attached hydrogen (secondary N) is 1. The zero-order chi connectivity index (χ0) is 22.0. The second kappa shape index (κ2) is 8.68. The van der Waals surface area contributed by atoms with Crippen molar-refractivity contribution in [2.24, 2.45) is 4.40 Å². The van der Waals surface area contributed by atoms with E-state index >= 15 is 0 Å². The summed E-state index contributed by atoms with van der Waals surface area (Å²) < 4.78 is 28.4. The van der Waals surface area contributed by atoms with Crippen LogP contribution in [0.4, 0.5) is 5.69 Å². The van der Waals surface area contributed by atoms with Crippen LogP contribution in [0.2, 0.25) is 0 Å². The summed E-state index contributed by atoms with van der Waals surface area (Å²) in [7, 11) is 0.0908. The molecule has 0 saturated carbocycles. The number of carbonyl (C=O) groups is 1. The largest absolute Gasteiger partial charge is 0.369 e. The quantitative estimate of drug-likeness (QED) is 0.749. The van der Waals surface area contributed by atoms with Crippen molar-refractivity contribution in [1.29, 1.82) is 0 Å². The van der Waals surface area contributed by atoms with Crippen LogP contribution in [-0.2, 0) is 21.4 Å². The number of anilines is 1. The summed E-state index contributed by atoms with van der Waals surface area (Å²) in [5.41, 5.74) is 2.73. The molecule has 8 nitrogen and oxygen atoms in total.